The lowest BCUT2D eigenvalue weighted by atomic mass is 10.1. The molecular formula is C9H10ClNO2. The van der Waals surface area contributed by atoms with Gasteiger partial charge in [-0.05, 0) is 18.2 Å². The van der Waals surface area contributed by atoms with E-state index in [1.165, 1.54) is 6.07 Å². The minimum atomic E-state index is -0.966. The molecule has 0 aliphatic heterocycles. The van der Waals surface area contributed by atoms with Crippen LogP contribution in [0.2, 0.25) is 5.02 Å². The van der Waals surface area contributed by atoms with E-state index < -0.39 is 5.97 Å². The number of rotatable bonds is 2. The fourth-order valence-corrected chi connectivity index (χ4v) is 1.24. The van der Waals surface area contributed by atoms with E-state index in [9.17, 15) is 4.79 Å². The van der Waals surface area contributed by atoms with Gasteiger partial charge in [0.05, 0.1) is 11.3 Å². The quantitative estimate of drug-likeness (QED) is 0.793. The number of halogens is 1. The molecule has 0 bridgehead atoms. The average molecular weight is 200 g/mol. The lowest BCUT2D eigenvalue weighted by Gasteiger charge is -2.15. The molecule has 0 unspecified atom stereocenters. The van der Waals surface area contributed by atoms with Crippen molar-refractivity contribution in [2.75, 3.05) is 19.0 Å². The second kappa shape index (κ2) is 3.66. The zero-order valence-electron chi connectivity index (χ0n) is 7.41. The van der Waals surface area contributed by atoms with Crippen molar-refractivity contribution in [3.63, 3.8) is 0 Å². The van der Waals surface area contributed by atoms with E-state index in [0.29, 0.717) is 10.7 Å². The Labute approximate surface area is 81.5 Å². The van der Waals surface area contributed by atoms with Crippen LogP contribution in [-0.2, 0) is 0 Å². The molecule has 0 aliphatic carbocycles. The summed E-state index contributed by atoms with van der Waals surface area (Å²) in [4.78, 5) is 12.5. The molecule has 0 fully saturated rings. The summed E-state index contributed by atoms with van der Waals surface area (Å²) in [5.74, 6) is -0.966. The molecule has 1 N–H and O–H groups in total. The van der Waals surface area contributed by atoms with E-state index in [-0.39, 0.29) is 5.56 Å². The third kappa shape index (κ3) is 2.12. The van der Waals surface area contributed by atoms with Gasteiger partial charge in [0.2, 0.25) is 0 Å². The van der Waals surface area contributed by atoms with Gasteiger partial charge in [-0.2, -0.15) is 0 Å². The van der Waals surface area contributed by atoms with Crippen molar-refractivity contribution in [3.05, 3.63) is 28.8 Å². The minimum Gasteiger partial charge on any atom is -0.478 e. The summed E-state index contributed by atoms with van der Waals surface area (Å²) in [6, 6.07) is 4.80. The van der Waals surface area contributed by atoms with Gasteiger partial charge in [0.15, 0.2) is 0 Å². The van der Waals surface area contributed by atoms with Crippen LogP contribution in [0.1, 0.15) is 10.4 Å². The molecule has 1 aromatic rings. The number of hydrogen-bond acceptors (Lipinski definition) is 2. The van der Waals surface area contributed by atoms with Gasteiger partial charge >= 0.3 is 5.97 Å². The summed E-state index contributed by atoms with van der Waals surface area (Å²) >= 11 is 5.68. The molecule has 0 spiro atoms. The fraction of sp³-hybridized carbons (Fsp3) is 0.222. The van der Waals surface area contributed by atoms with Crippen molar-refractivity contribution in [2.24, 2.45) is 0 Å². The Kier molecular flexibility index (Phi) is 2.78. The number of anilines is 1. The average Bonchev–Trinajstić information content (AvgIpc) is 2.03. The van der Waals surface area contributed by atoms with Crippen molar-refractivity contribution in [1.29, 1.82) is 0 Å². The second-order valence-corrected chi connectivity index (χ2v) is 3.30. The highest BCUT2D eigenvalue weighted by molar-refractivity contribution is 6.31. The van der Waals surface area contributed by atoms with Crippen LogP contribution < -0.4 is 4.90 Å². The lowest BCUT2D eigenvalue weighted by Crippen LogP contribution is -2.13. The Balaban J connectivity index is 3.27. The molecule has 0 aliphatic rings. The van der Waals surface area contributed by atoms with Crippen molar-refractivity contribution in [1.82, 2.24) is 0 Å². The highest BCUT2D eigenvalue weighted by Gasteiger charge is 2.11. The number of carboxylic acids is 1. The molecule has 70 valence electrons. The molecule has 3 nitrogen and oxygen atoms in total. The molecule has 1 aromatic carbocycles. The van der Waals surface area contributed by atoms with Crippen molar-refractivity contribution < 1.29 is 9.90 Å². The van der Waals surface area contributed by atoms with Crippen molar-refractivity contribution in [3.8, 4) is 0 Å². The van der Waals surface area contributed by atoms with E-state index in [0.717, 1.165) is 0 Å². The first-order valence-electron chi connectivity index (χ1n) is 3.72. The summed E-state index contributed by atoms with van der Waals surface area (Å²) in [6.07, 6.45) is 0. The SMILES string of the molecule is CN(C)c1ccc(Cl)cc1C(=O)O. The Morgan fingerprint density at radius 2 is 2.08 bits per heavy atom. The number of hydrogen-bond donors (Lipinski definition) is 1. The van der Waals surface area contributed by atoms with E-state index in [2.05, 4.69) is 0 Å². The van der Waals surface area contributed by atoms with Gasteiger partial charge in [-0.25, -0.2) is 4.79 Å². The van der Waals surface area contributed by atoms with E-state index in [1.807, 2.05) is 0 Å². The fourth-order valence-electron chi connectivity index (χ4n) is 1.07. The molecular weight excluding hydrogens is 190 g/mol. The Morgan fingerprint density at radius 1 is 1.46 bits per heavy atom. The molecule has 1 rings (SSSR count). The van der Waals surface area contributed by atoms with Gasteiger partial charge in [0, 0.05) is 19.1 Å². The normalized spacial score (nSPS) is 9.77. The highest BCUT2D eigenvalue weighted by atomic mass is 35.5. The highest BCUT2D eigenvalue weighted by Crippen LogP contribution is 2.22. The van der Waals surface area contributed by atoms with E-state index >= 15 is 0 Å². The van der Waals surface area contributed by atoms with Crippen LogP contribution in [0.4, 0.5) is 5.69 Å². The molecule has 4 heteroatoms. The van der Waals surface area contributed by atoms with Gasteiger partial charge in [0.1, 0.15) is 0 Å². The van der Waals surface area contributed by atoms with Crippen LogP contribution in [0.15, 0.2) is 18.2 Å². The van der Waals surface area contributed by atoms with Gasteiger partial charge < -0.3 is 10.0 Å². The predicted molar refractivity (Wildman–Crippen MR) is 52.7 cm³/mol. The first-order valence-corrected chi connectivity index (χ1v) is 4.10. The predicted octanol–water partition coefficient (Wildman–Crippen LogP) is 2.10. The van der Waals surface area contributed by atoms with E-state index in [4.69, 9.17) is 16.7 Å². The molecule has 0 saturated heterocycles. The molecule has 0 atom stereocenters. The maximum absolute atomic E-state index is 10.8. The summed E-state index contributed by atoms with van der Waals surface area (Å²) in [7, 11) is 3.57. The van der Waals surface area contributed by atoms with Gasteiger partial charge in [-0.15, -0.1) is 0 Å². The molecule has 0 amide bonds. The summed E-state index contributed by atoms with van der Waals surface area (Å²) in [6.45, 7) is 0. The van der Waals surface area contributed by atoms with Gasteiger partial charge in [-0.3, -0.25) is 0 Å². The standard InChI is InChI=1S/C9H10ClNO2/c1-11(2)8-4-3-6(10)5-7(8)9(12)13/h3-5H,1-2H3,(H,12,13). The van der Waals surface area contributed by atoms with Crippen molar-refractivity contribution >= 4 is 23.3 Å². The molecule has 0 aromatic heterocycles. The van der Waals surface area contributed by atoms with E-state index in [1.54, 1.807) is 31.1 Å². The van der Waals surface area contributed by atoms with Crippen LogP contribution in [-0.4, -0.2) is 25.2 Å². The number of aromatic carboxylic acids is 1. The van der Waals surface area contributed by atoms with Crippen LogP contribution in [0.5, 0.6) is 0 Å². The first-order chi connectivity index (χ1) is 6.02. The van der Waals surface area contributed by atoms with Crippen molar-refractivity contribution in [2.45, 2.75) is 0 Å². The van der Waals surface area contributed by atoms with Gasteiger partial charge in [-0.1, -0.05) is 11.6 Å². The third-order valence-electron chi connectivity index (χ3n) is 1.67. The topological polar surface area (TPSA) is 40.5 Å². The maximum Gasteiger partial charge on any atom is 0.337 e. The number of nitrogens with zero attached hydrogens (tertiary/aromatic N) is 1. The zero-order valence-corrected chi connectivity index (χ0v) is 8.17. The van der Waals surface area contributed by atoms with Crippen LogP contribution in [0, 0.1) is 0 Å². The molecule has 0 radical (unpaired) electrons. The number of carbonyl (C=O) groups is 1. The molecule has 0 saturated carbocycles. The zero-order chi connectivity index (χ0) is 10.0. The maximum atomic E-state index is 10.8. The largest absolute Gasteiger partial charge is 0.478 e. The van der Waals surface area contributed by atoms with Crippen LogP contribution in [0.25, 0.3) is 0 Å². The number of carboxylic acid groups (broad SMARTS) is 1. The van der Waals surface area contributed by atoms with Crippen LogP contribution in [0.3, 0.4) is 0 Å². The van der Waals surface area contributed by atoms with Crippen LogP contribution >= 0.6 is 11.6 Å². The molecule has 13 heavy (non-hydrogen) atoms. The smallest absolute Gasteiger partial charge is 0.337 e. The summed E-state index contributed by atoms with van der Waals surface area (Å²) in [5.41, 5.74) is 0.870. The monoisotopic (exact) mass is 199 g/mol. The van der Waals surface area contributed by atoms with Gasteiger partial charge in [0.25, 0.3) is 0 Å². The Bertz CT molecular complexity index is 336. The lowest BCUT2D eigenvalue weighted by molar-refractivity contribution is 0.0697. The molecule has 0 heterocycles. The third-order valence-corrected chi connectivity index (χ3v) is 1.91. The Hall–Kier alpha value is -1.22. The second-order valence-electron chi connectivity index (χ2n) is 2.86. The minimum absolute atomic E-state index is 0.220. The number of benzene rings is 1. The Morgan fingerprint density at radius 3 is 2.54 bits per heavy atom. The summed E-state index contributed by atoms with van der Waals surface area (Å²) < 4.78 is 0. The summed E-state index contributed by atoms with van der Waals surface area (Å²) in [5, 5.41) is 9.29. The first kappa shape index (κ1) is 9.86.